The third-order valence-electron chi connectivity index (χ3n) is 2.39. The van der Waals surface area contributed by atoms with Gasteiger partial charge in [0.2, 0.25) is 5.28 Å². The molecule has 0 aliphatic carbocycles. The fraction of sp³-hybridized carbons (Fsp3) is 0.167. The zero-order valence-electron chi connectivity index (χ0n) is 10.9. The van der Waals surface area contributed by atoms with Gasteiger partial charge in [-0.15, -0.1) is 0 Å². The molecule has 0 aliphatic heterocycles. The summed E-state index contributed by atoms with van der Waals surface area (Å²) in [5.74, 6) is 0.483. The van der Waals surface area contributed by atoms with E-state index in [2.05, 4.69) is 14.7 Å². The van der Waals surface area contributed by atoms with E-state index >= 15 is 0 Å². The van der Waals surface area contributed by atoms with Crippen LogP contribution in [0.15, 0.2) is 35.5 Å². The average molecular weight is 348 g/mol. The highest BCUT2D eigenvalue weighted by molar-refractivity contribution is 7.92. The number of anilines is 1. The summed E-state index contributed by atoms with van der Waals surface area (Å²) < 4.78 is 31.9. The van der Waals surface area contributed by atoms with Crippen molar-refractivity contribution in [1.82, 2.24) is 9.97 Å². The molecule has 9 heteroatoms. The summed E-state index contributed by atoms with van der Waals surface area (Å²) in [6.07, 6.45) is 2.24. The van der Waals surface area contributed by atoms with Gasteiger partial charge in [0, 0.05) is 0 Å². The highest BCUT2D eigenvalue weighted by atomic mass is 35.5. The van der Waals surface area contributed by atoms with Gasteiger partial charge in [-0.3, -0.25) is 4.72 Å². The number of benzene rings is 1. The third kappa shape index (κ3) is 3.96. The van der Waals surface area contributed by atoms with Gasteiger partial charge in [-0.05, 0) is 36.7 Å². The molecule has 1 N–H and O–H groups in total. The average Bonchev–Trinajstić information content (AvgIpc) is 2.42. The number of ether oxygens (including phenoxy) is 1. The van der Waals surface area contributed by atoms with E-state index in [-0.39, 0.29) is 10.2 Å². The Labute approximate surface area is 132 Å². The molecule has 0 amide bonds. The van der Waals surface area contributed by atoms with Crippen LogP contribution >= 0.6 is 23.2 Å². The number of hydrogen-bond acceptors (Lipinski definition) is 5. The molecular formula is C12H11Cl2N3O3S. The lowest BCUT2D eigenvalue weighted by Gasteiger charge is -2.10. The predicted octanol–water partition coefficient (Wildman–Crippen LogP) is 2.98. The highest BCUT2D eigenvalue weighted by Gasteiger charge is 2.16. The maximum Gasteiger partial charge on any atom is 0.264 e. The van der Waals surface area contributed by atoms with Crippen LogP contribution in [0.25, 0.3) is 0 Å². The van der Waals surface area contributed by atoms with Crippen LogP contribution in [-0.2, 0) is 10.0 Å². The fourth-order valence-corrected chi connectivity index (χ4v) is 2.76. The van der Waals surface area contributed by atoms with Crippen LogP contribution in [0.3, 0.4) is 0 Å². The number of sulfonamides is 1. The Morgan fingerprint density at radius 1 is 1.24 bits per heavy atom. The number of nitrogens with zero attached hydrogens (tertiary/aromatic N) is 2. The lowest BCUT2D eigenvalue weighted by atomic mass is 10.3. The summed E-state index contributed by atoms with van der Waals surface area (Å²) in [6, 6.07) is 4.59. The van der Waals surface area contributed by atoms with Gasteiger partial charge in [0.15, 0.2) is 0 Å². The fourth-order valence-electron chi connectivity index (χ4n) is 1.49. The normalized spacial score (nSPS) is 11.2. The van der Waals surface area contributed by atoms with E-state index in [1.165, 1.54) is 6.07 Å². The first kappa shape index (κ1) is 15.8. The van der Waals surface area contributed by atoms with E-state index in [0.717, 1.165) is 12.4 Å². The number of nitrogens with one attached hydrogen (secondary N) is 1. The van der Waals surface area contributed by atoms with Crippen molar-refractivity contribution in [2.24, 2.45) is 0 Å². The first-order valence-electron chi connectivity index (χ1n) is 5.85. The van der Waals surface area contributed by atoms with Gasteiger partial charge >= 0.3 is 0 Å². The monoisotopic (exact) mass is 347 g/mol. The second-order valence-corrected chi connectivity index (χ2v) is 6.30. The topological polar surface area (TPSA) is 81.2 Å². The molecule has 112 valence electrons. The zero-order chi connectivity index (χ0) is 15.5. The second kappa shape index (κ2) is 6.46. The molecular weight excluding hydrogens is 337 g/mol. The molecule has 0 unspecified atom stereocenters. The quantitative estimate of drug-likeness (QED) is 0.840. The maximum absolute atomic E-state index is 12.1. The van der Waals surface area contributed by atoms with Crippen LogP contribution in [0.1, 0.15) is 6.92 Å². The van der Waals surface area contributed by atoms with Gasteiger partial charge < -0.3 is 4.74 Å². The summed E-state index contributed by atoms with van der Waals surface area (Å²) in [4.78, 5) is 7.16. The number of aromatic nitrogens is 2. The molecule has 2 aromatic rings. The van der Waals surface area contributed by atoms with Gasteiger partial charge in [-0.1, -0.05) is 11.6 Å². The van der Waals surface area contributed by atoms with Gasteiger partial charge in [0.05, 0.1) is 29.7 Å². The Morgan fingerprint density at radius 2 is 1.90 bits per heavy atom. The summed E-state index contributed by atoms with van der Waals surface area (Å²) in [7, 11) is -3.81. The van der Waals surface area contributed by atoms with E-state index in [0.29, 0.717) is 23.1 Å². The maximum atomic E-state index is 12.1. The van der Waals surface area contributed by atoms with Crippen molar-refractivity contribution in [3.8, 4) is 5.75 Å². The number of rotatable bonds is 5. The van der Waals surface area contributed by atoms with Crippen molar-refractivity contribution < 1.29 is 13.2 Å². The lowest BCUT2D eigenvalue weighted by Crippen LogP contribution is -2.13. The molecule has 1 heterocycles. The molecule has 0 radical (unpaired) electrons. The van der Waals surface area contributed by atoms with E-state index in [4.69, 9.17) is 27.9 Å². The first-order valence-corrected chi connectivity index (χ1v) is 8.09. The molecule has 0 bridgehead atoms. The van der Waals surface area contributed by atoms with Crippen molar-refractivity contribution in [1.29, 1.82) is 0 Å². The molecule has 0 saturated heterocycles. The molecule has 6 nitrogen and oxygen atoms in total. The van der Waals surface area contributed by atoms with E-state index < -0.39 is 10.0 Å². The van der Waals surface area contributed by atoms with Crippen LogP contribution in [0.5, 0.6) is 5.75 Å². The largest absolute Gasteiger partial charge is 0.492 e. The zero-order valence-corrected chi connectivity index (χ0v) is 13.2. The van der Waals surface area contributed by atoms with Crippen LogP contribution < -0.4 is 9.46 Å². The highest BCUT2D eigenvalue weighted by Crippen LogP contribution is 2.28. The van der Waals surface area contributed by atoms with Crippen LogP contribution in [0, 0.1) is 0 Å². The summed E-state index contributed by atoms with van der Waals surface area (Å²) in [5, 5.41) is 0.280. The number of halogens is 2. The van der Waals surface area contributed by atoms with Gasteiger partial charge in [-0.25, -0.2) is 18.4 Å². The van der Waals surface area contributed by atoms with Crippen molar-refractivity contribution in [3.05, 3.63) is 40.9 Å². The van der Waals surface area contributed by atoms with Crippen LogP contribution in [0.2, 0.25) is 10.3 Å². The molecule has 21 heavy (non-hydrogen) atoms. The minimum atomic E-state index is -3.81. The molecule has 1 aromatic carbocycles. The lowest BCUT2D eigenvalue weighted by molar-refractivity contribution is 0.340. The molecule has 2 rings (SSSR count). The third-order valence-corrected chi connectivity index (χ3v) is 4.22. The minimum Gasteiger partial charge on any atom is -0.492 e. The first-order chi connectivity index (χ1) is 9.92. The Kier molecular flexibility index (Phi) is 4.87. The van der Waals surface area contributed by atoms with E-state index in [9.17, 15) is 8.42 Å². The van der Waals surface area contributed by atoms with Crippen molar-refractivity contribution >= 4 is 38.9 Å². The molecule has 0 spiro atoms. The van der Waals surface area contributed by atoms with Crippen LogP contribution in [-0.4, -0.2) is 25.0 Å². The summed E-state index contributed by atoms with van der Waals surface area (Å²) in [5.41, 5.74) is 0.304. The molecule has 1 aromatic heterocycles. The van der Waals surface area contributed by atoms with Gasteiger partial charge in [-0.2, -0.15) is 0 Å². The van der Waals surface area contributed by atoms with E-state index in [1.54, 1.807) is 12.1 Å². The minimum absolute atomic E-state index is 0.0296. The van der Waals surface area contributed by atoms with Crippen molar-refractivity contribution in [2.45, 2.75) is 11.8 Å². The smallest absolute Gasteiger partial charge is 0.264 e. The molecule has 0 fully saturated rings. The summed E-state index contributed by atoms with van der Waals surface area (Å²) in [6.45, 7) is 2.29. The number of hydrogen-bond donors (Lipinski definition) is 1. The van der Waals surface area contributed by atoms with Gasteiger partial charge in [0.25, 0.3) is 10.0 Å². The molecule has 0 aliphatic rings. The van der Waals surface area contributed by atoms with Crippen LogP contribution in [0.4, 0.5) is 5.69 Å². The Morgan fingerprint density at radius 3 is 2.48 bits per heavy atom. The predicted molar refractivity (Wildman–Crippen MR) is 80.5 cm³/mol. The SMILES string of the molecule is CCOc1ccc(NS(=O)(=O)c2cnc(Cl)nc2)cc1Cl. The van der Waals surface area contributed by atoms with E-state index in [1.807, 2.05) is 6.92 Å². The Hall–Kier alpha value is -1.57. The Balaban J connectivity index is 2.24. The summed E-state index contributed by atoms with van der Waals surface area (Å²) >= 11 is 11.5. The van der Waals surface area contributed by atoms with Crippen molar-refractivity contribution in [2.75, 3.05) is 11.3 Å². The Bertz CT molecular complexity index is 736. The molecule has 0 saturated carbocycles. The molecule has 0 atom stereocenters. The standard InChI is InChI=1S/C12H11Cl2N3O3S/c1-2-20-11-4-3-8(5-10(11)13)17-21(18,19)9-6-15-12(14)16-7-9/h3-7,17H,2H2,1H3. The second-order valence-electron chi connectivity index (χ2n) is 3.87. The van der Waals surface area contributed by atoms with Crippen molar-refractivity contribution in [3.63, 3.8) is 0 Å². The van der Waals surface area contributed by atoms with Gasteiger partial charge in [0.1, 0.15) is 10.6 Å².